The predicted octanol–water partition coefficient (Wildman–Crippen LogP) is 5.19. The normalized spacial score (nSPS) is 11.1. The summed E-state index contributed by atoms with van der Waals surface area (Å²) in [6.45, 7) is 2.87. The summed E-state index contributed by atoms with van der Waals surface area (Å²) in [5.41, 5.74) is 2.24. The molecule has 9 heteroatoms. The molecule has 5 rings (SSSR count). The molecule has 0 saturated carbocycles. The van der Waals surface area contributed by atoms with E-state index in [1.54, 1.807) is 17.7 Å². The second kappa shape index (κ2) is 10.7. The Morgan fingerprint density at radius 1 is 0.972 bits per heavy atom. The molecule has 0 fully saturated rings. The van der Waals surface area contributed by atoms with Gasteiger partial charge in [-0.2, -0.15) is 4.98 Å². The number of aromatic nitrogens is 4. The molecule has 0 spiro atoms. The van der Waals surface area contributed by atoms with E-state index in [2.05, 4.69) is 10.1 Å². The maximum atomic E-state index is 13.4. The van der Waals surface area contributed by atoms with Gasteiger partial charge < -0.3 is 14.0 Å². The number of fused-ring (bicyclic) bond motifs is 1. The summed E-state index contributed by atoms with van der Waals surface area (Å²) in [6, 6.07) is 22.5. The van der Waals surface area contributed by atoms with Crippen molar-refractivity contribution in [2.45, 2.75) is 24.4 Å². The third-order valence-electron chi connectivity index (χ3n) is 5.56. The molecule has 0 N–H and O–H groups in total. The van der Waals surface area contributed by atoms with Gasteiger partial charge in [-0.25, -0.2) is 4.98 Å². The molecule has 5 aromatic rings. The van der Waals surface area contributed by atoms with E-state index in [0.29, 0.717) is 52.4 Å². The Labute approximate surface area is 211 Å². The van der Waals surface area contributed by atoms with E-state index in [-0.39, 0.29) is 5.56 Å². The summed E-state index contributed by atoms with van der Waals surface area (Å²) < 4.78 is 18.1. The van der Waals surface area contributed by atoms with E-state index < -0.39 is 0 Å². The first-order valence-corrected chi connectivity index (χ1v) is 12.4. The van der Waals surface area contributed by atoms with E-state index in [0.717, 1.165) is 16.9 Å². The molecule has 0 unspecified atom stereocenters. The van der Waals surface area contributed by atoms with Gasteiger partial charge in [0.1, 0.15) is 11.5 Å². The molecule has 8 nitrogen and oxygen atoms in total. The van der Waals surface area contributed by atoms with Crippen LogP contribution in [-0.4, -0.2) is 33.4 Å². The van der Waals surface area contributed by atoms with E-state index in [1.165, 1.54) is 11.8 Å². The van der Waals surface area contributed by atoms with Crippen LogP contribution in [0.1, 0.15) is 18.4 Å². The number of para-hydroxylation sites is 2. The maximum Gasteiger partial charge on any atom is 0.262 e. The Hall–Kier alpha value is -4.11. The van der Waals surface area contributed by atoms with E-state index in [1.807, 2.05) is 73.7 Å². The van der Waals surface area contributed by atoms with Gasteiger partial charge in [-0.3, -0.25) is 9.36 Å². The first kappa shape index (κ1) is 23.6. The van der Waals surface area contributed by atoms with Crippen LogP contribution in [0.2, 0.25) is 0 Å². The lowest BCUT2D eigenvalue weighted by Gasteiger charge is -2.14. The molecule has 0 aliphatic carbocycles. The maximum absolute atomic E-state index is 13.4. The zero-order valence-electron chi connectivity index (χ0n) is 19.9. The molecule has 0 aliphatic heterocycles. The molecule has 2 heterocycles. The van der Waals surface area contributed by atoms with Crippen LogP contribution in [-0.2, 0) is 12.3 Å². The van der Waals surface area contributed by atoms with Crippen LogP contribution in [0.4, 0.5) is 0 Å². The van der Waals surface area contributed by atoms with Crippen molar-refractivity contribution in [2.75, 3.05) is 13.7 Å². The molecule has 36 heavy (non-hydrogen) atoms. The van der Waals surface area contributed by atoms with Gasteiger partial charge in [0.2, 0.25) is 11.7 Å². The number of methoxy groups -OCH3 is 1. The second-order valence-electron chi connectivity index (χ2n) is 7.87. The predicted molar refractivity (Wildman–Crippen MR) is 139 cm³/mol. The van der Waals surface area contributed by atoms with Gasteiger partial charge in [-0.05, 0) is 49.4 Å². The summed E-state index contributed by atoms with van der Waals surface area (Å²) in [4.78, 5) is 22.7. The van der Waals surface area contributed by atoms with Crippen molar-refractivity contribution in [3.05, 3.63) is 94.6 Å². The van der Waals surface area contributed by atoms with Crippen LogP contribution in [0.25, 0.3) is 22.3 Å². The number of ether oxygens (including phenoxy) is 2. The highest BCUT2D eigenvalue weighted by atomic mass is 32.2. The Bertz CT molecular complexity index is 1550. The van der Waals surface area contributed by atoms with E-state index in [4.69, 9.17) is 19.0 Å². The van der Waals surface area contributed by atoms with Crippen molar-refractivity contribution in [1.29, 1.82) is 0 Å². The van der Waals surface area contributed by atoms with Crippen LogP contribution >= 0.6 is 11.8 Å². The van der Waals surface area contributed by atoms with Crippen molar-refractivity contribution in [2.24, 2.45) is 0 Å². The summed E-state index contributed by atoms with van der Waals surface area (Å²) in [5.74, 6) is 2.80. The lowest BCUT2D eigenvalue weighted by atomic mass is 10.2. The summed E-state index contributed by atoms with van der Waals surface area (Å²) in [5, 5.41) is 5.23. The summed E-state index contributed by atoms with van der Waals surface area (Å²) in [6.07, 6.45) is 0. The van der Waals surface area contributed by atoms with Gasteiger partial charge in [-0.15, -0.1) is 0 Å². The average Bonchev–Trinajstić information content (AvgIpc) is 3.39. The third kappa shape index (κ3) is 4.96. The van der Waals surface area contributed by atoms with Crippen LogP contribution in [0.15, 0.2) is 87.3 Å². The zero-order valence-corrected chi connectivity index (χ0v) is 20.7. The Morgan fingerprint density at radius 2 is 1.75 bits per heavy atom. The third-order valence-corrected chi connectivity index (χ3v) is 6.53. The fourth-order valence-electron chi connectivity index (χ4n) is 3.83. The number of thioether (sulfide) groups is 1. The van der Waals surface area contributed by atoms with E-state index in [9.17, 15) is 4.79 Å². The highest BCUT2D eigenvalue weighted by molar-refractivity contribution is 7.98. The van der Waals surface area contributed by atoms with Crippen LogP contribution in [0, 0.1) is 0 Å². The molecular weight excluding hydrogens is 476 g/mol. The van der Waals surface area contributed by atoms with Gasteiger partial charge in [0, 0.05) is 11.1 Å². The van der Waals surface area contributed by atoms with Crippen molar-refractivity contribution in [3.8, 4) is 22.9 Å². The summed E-state index contributed by atoms with van der Waals surface area (Å²) >= 11 is 1.37. The quantitative estimate of drug-likeness (QED) is 0.202. The van der Waals surface area contributed by atoms with Gasteiger partial charge >= 0.3 is 0 Å². The average molecular weight is 501 g/mol. The fraction of sp³-hybridized carbons (Fsp3) is 0.185. The van der Waals surface area contributed by atoms with E-state index >= 15 is 0 Å². The molecular formula is C27H24N4O4S. The van der Waals surface area contributed by atoms with Gasteiger partial charge in [0.05, 0.1) is 36.9 Å². The first-order valence-electron chi connectivity index (χ1n) is 11.5. The number of rotatable bonds is 9. The van der Waals surface area contributed by atoms with Gasteiger partial charge in [0.25, 0.3) is 5.56 Å². The highest BCUT2D eigenvalue weighted by Gasteiger charge is 2.16. The lowest BCUT2D eigenvalue weighted by Crippen LogP contribution is -2.24. The monoisotopic (exact) mass is 500 g/mol. The van der Waals surface area contributed by atoms with Gasteiger partial charge in [-0.1, -0.05) is 47.3 Å². The second-order valence-corrected chi connectivity index (χ2v) is 8.81. The van der Waals surface area contributed by atoms with Gasteiger partial charge in [0.15, 0.2) is 5.16 Å². The Kier molecular flexibility index (Phi) is 6.99. The molecule has 0 atom stereocenters. The molecule has 0 aliphatic rings. The molecule has 0 amide bonds. The van der Waals surface area contributed by atoms with Crippen LogP contribution in [0.3, 0.4) is 0 Å². The molecule has 3 aromatic carbocycles. The van der Waals surface area contributed by atoms with Crippen molar-refractivity contribution in [3.63, 3.8) is 0 Å². The molecule has 182 valence electrons. The lowest BCUT2D eigenvalue weighted by molar-refractivity contribution is 0.340. The minimum atomic E-state index is -0.116. The standard InChI is InChI=1S/C27H24N4O4S/c1-3-34-20-14-12-18(13-15-20)25-29-24(35-30-25)17-36-27-28-22-10-6-5-9-21(22)26(32)31(27)16-19-8-4-7-11-23(19)33-2/h4-15H,3,16-17H2,1-2H3. The number of benzene rings is 3. The van der Waals surface area contributed by atoms with Crippen LogP contribution in [0.5, 0.6) is 11.5 Å². The molecule has 0 radical (unpaired) electrons. The Morgan fingerprint density at radius 3 is 2.56 bits per heavy atom. The summed E-state index contributed by atoms with van der Waals surface area (Å²) in [7, 11) is 1.62. The number of nitrogens with zero attached hydrogens (tertiary/aromatic N) is 4. The number of hydrogen-bond acceptors (Lipinski definition) is 8. The van der Waals surface area contributed by atoms with Crippen molar-refractivity contribution in [1.82, 2.24) is 19.7 Å². The fourth-order valence-corrected chi connectivity index (χ4v) is 4.66. The molecule has 0 saturated heterocycles. The largest absolute Gasteiger partial charge is 0.496 e. The molecule has 2 aromatic heterocycles. The molecule has 0 bridgehead atoms. The minimum absolute atomic E-state index is 0.116. The SMILES string of the molecule is CCOc1ccc(-c2noc(CSc3nc4ccccc4c(=O)n3Cc3ccccc3OC)n2)cc1. The minimum Gasteiger partial charge on any atom is -0.496 e. The van der Waals surface area contributed by atoms with Crippen molar-refractivity contribution < 1.29 is 14.0 Å². The van der Waals surface area contributed by atoms with Crippen LogP contribution < -0.4 is 15.0 Å². The van der Waals surface area contributed by atoms with Crippen molar-refractivity contribution >= 4 is 22.7 Å². The highest BCUT2D eigenvalue weighted by Crippen LogP contribution is 2.26. The topological polar surface area (TPSA) is 92.3 Å². The smallest absolute Gasteiger partial charge is 0.262 e. The Balaban J connectivity index is 1.43. The zero-order chi connectivity index (χ0) is 24.9. The first-order chi connectivity index (χ1) is 17.7. The number of hydrogen-bond donors (Lipinski definition) is 0.